The Kier molecular flexibility index (Phi) is 4.32. The molecule has 0 aliphatic carbocycles. The maximum Gasteiger partial charge on any atom is 0.316 e. The Bertz CT molecular complexity index is 684. The molecule has 0 saturated carbocycles. The number of piperidine rings is 1. The maximum absolute atomic E-state index is 12.3. The molecular weight excluding hydrogens is 294 g/mol. The zero-order chi connectivity index (χ0) is 16.4. The number of imidazole rings is 1. The molecule has 1 amide bonds. The molecule has 1 aliphatic rings. The molecule has 2 N–H and O–H groups in total. The van der Waals surface area contributed by atoms with Crippen molar-refractivity contribution in [2.24, 2.45) is 5.92 Å². The van der Waals surface area contributed by atoms with Gasteiger partial charge in [0.05, 0.1) is 11.0 Å². The van der Waals surface area contributed by atoms with Gasteiger partial charge in [0.1, 0.15) is 11.7 Å². The summed E-state index contributed by atoms with van der Waals surface area (Å²) < 4.78 is 0. The summed E-state index contributed by atoms with van der Waals surface area (Å²) in [6.45, 7) is 2.91. The fourth-order valence-corrected chi connectivity index (χ4v) is 3.21. The first-order valence-corrected chi connectivity index (χ1v) is 8.06. The molecule has 1 atom stereocenters. The third-order valence-corrected chi connectivity index (χ3v) is 4.61. The van der Waals surface area contributed by atoms with Crippen molar-refractivity contribution in [3.63, 3.8) is 0 Å². The van der Waals surface area contributed by atoms with Gasteiger partial charge in [-0.05, 0) is 31.4 Å². The molecule has 1 aromatic heterocycles. The average molecular weight is 315 g/mol. The first-order valence-electron chi connectivity index (χ1n) is 8.06. The van der Waals surface area contributed by atoms with Crippen molar-refractivity contribution in [3.05, 3.63) is 30.1 Å². The number of likely N-dealkylation sites (tertiary alicyclic amines) is 1. The number of rotatable bonds is 4. The first-order chi connectivity index (χ1) is 11.1. The molecule has 0 radical (unpaired) electrons. The summed E-state index contributed by atoms with van der Waals surface area (Å²) >= 11 is 0. The number of carbonyl (C=O) groups is 2. The number of benzene rings is 1. The average Bonchev–Trinajstić information content (AvgIpc) is 2.99. The highest BCUT2D eigenvalue weighted by molar-refractivity contribution is 5.96. The molecule has 0 spiro atoms. The lowest BCUT2D eigenvalue weighted by atomic mass is 9.94. The fourth-order valence-electron chi connectivity index (χ4n) is 3.21. The topological polar surface area (TPSA) is 86.3 Å². The lowest BCUT2D eigenvalue weighted by molar-refractivity contribution is -0.151. The highest BCUT2D eigenvalue weighted by Gasteiger charge is 2.32. The number of aliphatic carboxylic acids is 1. The van der Waals surface area contributed by atoms with E-state index >= 15 is 0 Å². The van der Waals surface area contributed by atoms with Gasteiger partial charge in [0, 0.05) is 19.0 Å². The van der Waals surface area contributed by atoms with E-state index in [1.165, 1.54) is 0 Å². The van der Waals surface area contributed by atoms with Gasteiger partial charge in [-0.15, -0.1) is 0 Å². The second-order valence-corrected chi connectivity index (χ2v) is 6.04. The molecule has 1 aromatic carbocycles. The van der Waals surface area contributed by atoms with E-state index in [0.717, 1.165) is 29.7 Å². The number of carbonyl (C=O) groups excluding carboxylic acids is 1. The number of hydrogen-bond donors (Lipinski definition) is 2. The summed E-state index contributed by atoms with van der Waals surface area (Å²) in [6.07, 6.45) is 1.95. The molecule has 1 unspecified atom stereocenters. The Morgan fingerprint density at radius 1 is 1.35 bits per heavy atom. The van der Waals surface area contributed by atoms with Crippen LogP contribution < -0.4 is 0 Å². The Balaban J connectivity index is 1.66. The van der Waals surface area contributed by atoms with Gasteiger partial charge in [-0.3, -0.25) is 9.59 Å². The number of para-hydroxylation sites is 2. The minimum absolute atomic E-state index is 0.261. The third kappa shape index (κ3) is 3.06. The number of H-pyrrole nitrogens is 1. The lowest BCUT2D eigenvalue weighted by Crippen LogP contribution is -2.43. The van der Waals surface area contributed by atoms with Crippen LogP contribution in [0.2, 0.25) is 0 Å². The van der Waals surface area contributed by atoms with Crippen molar-refractivity contribution in [3.8, 4) is 0 Å². The van der Waals surface area contributed by atoms with Crippen LogP contribution >= 0.6 is 0 Å². The van der Waals surface area contributed by atoms with Gasteiger partial charge in [-0.1, -0.05) is 19.1 Å². The standard InChI is InChI=1S/C17H21N3O3/c1-2-12(17(22)23)16(21)20-9-7-11(8-10-20)15-18-13-5-3-4-6-14(13)19-15/h3-6,11-12H,2,7-10H2,1H3,(H,18,19)(H,22,23). The molecule has 2 aromatic rings. The molecule has 0 bridgehead atoms. The monoisotopic (exact) mass is 315 g/mol. The molecule has 3 rings (SSSR count). The van der Waals surface area contributed by atoms with Crippen LogP contribution in [0.4, 0.5) is 0 Å². The van der Waals surface area contributed by atoms with Crippen LogP contribution in [0, 0.1) is 5.92 Å². The van der Waals surface area contributed by atoms with Gasteiger partial charge in [-0.2, -0.15) is 0 Å². The van der Waals surface area contributed by atoms with Crippen molar-refractivity contribution in [2.75, 3.05) is 13.1 Å². The van der Waals surface area contributed by atoms with E-state index in [2.05, 4.69) is 9.97 Å². The quantitative estimate of drug-likeness (QED) is 0.848. The van der Waals surface area contributed by atoms with Crippen LogP contribution in [0.15, 0.2) is 24.3 Å². The van der Waals surface area contributed by atoms with Crippen LogP contribution in [-0.4, -0.2) is 44.9 Å². The molecular formula is C17H21N3O3. The minimum atomic E-state index is -1.03. The highest BCUT2D eigenvalue weighted by atomic mass is 16.4. The number of carboxylic acid groups (broad SMARTS) is 1. The Morgan fingerprint density at radius 2 is 2.04 bits per heavy atom. The summed E-state index contributed by atoms with van der Waals surface area (Å²) in [6, 6.07) is 7.92. The second-order valence-electron chi connectivity index (χ2n) is 6.04. The van der Waals surface area contributed by atoms with Crippen LogP contribution in [-0.2, 0) is 9.59 Å². The number of nitrogens with one attached hydrogen (secondary N) is 1. The fraction of sp³-hybridized carbons (Fsp3) is 0.471. The summed E-state index contributed by atoms with van der Waals surface area (Å²) in [7, 11) is 0. The molecule has 122 valence electrons. The number of amides is 1. The van der Waals surface area contributed by atoms with Crippen LogP contribution in [0.3, 0.4) is 0 Å². The van der Waals surface area contributed by atoms with Crippen molar-refractivity contribution >= 4 is 22.9 Å². The number of carboxylic acids is 1. The van der Waals surface area contributed by atoms with Crippen molar-refractivity contribution < 1.29 is 14.7 Å². The van der Waals surface area contributed by atoms with E-state index in [1.807, 2.05) is 24.3 Å². The number of aromatic amines is 1. The molecule has 1 fully saturated rings. The summed E-state index contributed by atoms with van der Waals surface area (Å²) in [5.41, 5.74) is 1.98. The SMILES string of the molecule is CCC(C(=O)O)C(=O)N1CCC(c2nc3ccccc3[nH]2)CC1. The van der Waals surface area contributed by atoms with Crippen LogP contribution in [0.25, 0.3) is 11.0 Å². The largest absolute Gasteiger partial charge is 0.481 e. The van der Waals surface area contributed by atoms with Gasteiger partial charge in [0.15, 0.2) is 0 Å². The molecule has 23 heavy (non-hydrogen) atoms. The Morgan fingerprint density at radius 3 is 2.65 bits per heavy atom. The van der Waals surface area contributed by atoms with E-state index in [-0.39, 0.29) is 11.8 Å². The van der Waals surface area contributed by atoms with E-state index < -0.39 is 11.9 Å². The molecule has 2 heterocycles. The summed E-state index contributed by atoms with van der Waals surface area (Å²) in [5, 5.41) is 9.12. The number of hydrogen-bond acceptors (Lipinski definition) is 3. The van der Waals surface area contributed by atoms with Gasteiger partial charge in [0.25, 0.3) is 0 Å². The van der Waals surface area contributed by atoms with E-state index in [0.29, 0.717) is 19.5 Å². The van der Waals surface area contributed by atoms with Gasteiger partial charge >= 0.3 is 5.97 Å². The predicted molar refractivity (Wildman–Crippen MR) is 86.1 cm³/mol. The molecule has 1 saturated heterocycles. The predicted octanol–water partition coefficient (Wildman–Crippen LogP) is 2.38. The normalized spacial score (nSPS) is 17.3. The number of nitrogens with zero attached hydrogens (tertiary/aromatic N) is 2. The summed E-state index contributed by atoms with van der Waals surface area (Å²) in [4.78, 5) is 33.1. The van der Waals surface area contributed by atoms with Crippen LogP contribution in [0.5, 0.6) is 0 Å². The van der Waals surface area contributed by atoms with Gasteiger partial charge < -0.3 is 15.0 Å². The minimum Gasteiger partial charge on any atom is -0.481 e. The van der Waals surface area contributed by atoms with Crippen LogP contribution in [0.1, 0.15) is 37.9 Å². The molecule has 6 nitrogen and oxygen atoms in total. The summed E-state index contributed by atoms with van der Waals surface area (Å²) in [5.74, 6) is -0.961. The maximum atomic E-state index is 12.3. The van der Waals surface area contributed by atoms with E-state index in [9.17, 15) is 9.59 Å². The number of fused-ring (bicyclic) bond motifs is 1. The second kappa shape index (κ2) is 6.40. The first kappa shape index (κ1) is 15.5. The Hall–Kier alpha value is -2.37. The van der Waals surface area contributed by atoms with Gasteiger partial charge in [-0.25, -0.2) is 4.98 Å². The van der Waals surface area contributed by atoms with Crippen molar-refractivity contribution in [1.29, 1.82) is 0 Å². The Labute approximate surface area is 134 Å². The number of aromatic nitrogens is 2. The lowest BCUT2D eigenvalue weighted by Gasteiger charge is -2.32. The van der Waals surface area contributed by atoms with E-state index in [1.54, 1.807) is 11.8 Å². The van der Waals surface area contributed by atoms with Gasteiger partial charge in [0.2, 0.25) is 5.91 Å². The zero-order valence-electron chi connectivity index (χ0n) is 13.2. The van der Waals surface area contributed by atoms with E-state index in [4.69, 9.17) is 5.11 Å². The third-order valence-electron chi connectivity index (χ3n) is 4.61. The van der Waals surface area contributed by atoms with Crippen molar-refractivity contribution in [2.45, 2.75) is 32.1 Å². The zero-order valence-corrected chi connectivity index (χ0v) is 13.2. The molecule has 6 heteroatoms. The van der Waals surface area contributed by atoms with Crippen molar-refractivity contribution in [1.82, 2.24) is 14.9 Å². The molecule has 1 aliphatic heterocycles. The highest BCUT2D eigenvalue weighted by Crippen LogP contribution is 2.28. The smallest absolute Gasteiger partial charge is 0.316 e.